The van der Waals surface area contributed by atoms with Crippen molar-refractivity contribution in [2.45, 2.75) is 109 Å². The van der Waals surface area contributed by atoms with Gasteiger partial charge in [0.2, 0.25) is 0 Å². The molecule has 0 heterocycles. The van der Waals surface area contributed by atoms with Crippen LogP contribution in [0.5, 0.6) is 0 Å². The number of carbonyl (C=O) groups is 2. The van der Waals surface area contributed by atoms with Gasteiger partial charge in [0.05, 0.1) is 5.41 Å². The Kier molecular flexibility index (Phi) is 7.60. The average molecular weight is 415 g/mol. The smallest absolute Gasteiger partial charge is 0.309 e. The quantitative estimate of drug-likeness (QED) is 0.279. The zero-order valence-corrected chi connectivity index (χ0v) is 18.8. The molecule has 2 aliphatic rings. The third-order valence-corrected chi connectivity index (χ3v) is 7.39. The predicted molar refractivity (Wildman–Crippen MR) is 119 cm³/mol. The minimum absolute atomic E-state index is 0.126. The lowest BCUT2D eigenvalue weighted by Gasteiger charge is -2.15. The monoisotopic (exact) mass is 414 g/mol. The zero-order chi connectivity index (χ0) is 21.6. The van der Waals surface area contributed by atoms with Gasteiger partial charge in [0.25, 0.3) is 6.47 Å². The van der Waals surface area contributed by atoms with Crippen molar-refractivity contribution in [2.75, 3.05) is 0 Å². The molecular weight excluding hydrogens is 376 g/mol. The van der Waals surface area contributed by atoms with E-state index in [-0.39, 0.29) is 11.0 Å². The Balaban J connectivity index is 1.37. The molecule has 0 amide bonds. The Bertz CT molecular complexity index is 744. The molecule has 4 heteroatoms. The zero-order valence-electron chi connectivity index (χ0n) is 18.8. The van der Waals surface area contributed by atoms with Crippen LogP contribution in [0.2, 0.25) is 0 Å². The SMILES string of the molecule is Cc1cc(C)c(CCCCC2(OC=O)CC2)cc1CCCCCCC1(C(=O)O)CC1. The van der Waals surface area contributed by atoms with E-state index in [1.165, 1.54) is 35.1 Å². The number of hydrogen-bond acceptors (Lipinski definition) is 3. The molecule has 1 aromatic carbocycles. The fourth-order valence-electron chi connectivity index (χ4n) is 4.77. The first-order valence-corrected chi connectivity index (χ1v) is 11.8. The van der Waals surface area contributed by atoms with E-state index in [2.05, 4.69) is 26.0 Å². The Morgan fingerprint density at radius 1 is 0.900 bits per heavy atom. The van der Waals surface area contributed by atoms with Gasteiger partial charge in [-0.25, -0.2) is 0 Å². The highest BCUT2D eigenvalue weighted by Gasteiger charge is 2.49. The van der Waals surface area contributed by atoms with Gasteiger partial charge in [0.1, 0.15) is 5.60 Å². The average Bonchev–Trinajstić information content (AvgIpc) is 3.62. The van der Waals surface area contributed by atoms with Gasteiger partial charge in [0.15, 0.2) is 0 Å². The molecule has 1 N–H and O–H groups in total. The summed E-state index contributed by atoms with van der Waals surface area (Å²) < 4.78 is 5.25. The summed E-state index contributed by atoms with van der Waals surface area (Å²) in [6, 6.07) is 4.73. The third-order valence-electron chi connectivity index (χ3n) is 7.39. The van der Waals surface area contributed by atoms with Crippen LogP contribution < -0.4 is 0 Å². The normalized spacial score (nSPS) is 18.1. The van der Waals surface area contributed by atoms with Crippen molar-refractivity contribution in [3.05, 3.63) is 34.4 Å². The summed E-state index contributed by atoms with van der Waals surface area (Å²) >= 11 is 0. The van der Waals surface area contributed by atoms with Crippen molar-refractivity contribution in [1.29, 1.82) is 0 Å². The van der Waals surface area contributed by atoms with Crippen LogP contribution >= 0.6 is 0 Å². The summed E-state index contributed by atoms with van der Waals surface area (Å²) in [7, 11) is 0. The lowest BCUT2D eigenvalue weighted by atomic mass is 9.92. The Morgan fingerprint density at radius 3 is 2.00 bits per heavy atom. The molecule has 0 bridgehead atoms. The molecule has 2 fully saturated rings. The van der Waals surface area contributed by atoms with Crippen LogP contribution in [0.4, 0.5) is 0 Å². The van der Waals surface area contributed by atoms with E-state index < -0.39 is 5.97 Å². The molecule has 0 saturated heterocycles. The molecule has 1 aromatic rings. The predicted octanol–water partition coefficient (Wildman–Crippen LogP) is 6.08. The lowest BCUT2D eigenvalue weighted by molar-refractivity contribution is -0.143. The first-order chi connectivity index (χ1) is 14.4. The summed E-state index contributed by atoms with van der Waals surface area (Å²) in [6.07, 6.45) is 14.6. The van der Waals surface area contributed by atoms with E-state index in [4.69, 9.17) is 4.74 Å². The van der Waals surface area contributed by atoms with Crippen molar-refractivity contribution in [1.82, 2.24) is 0 Å². The number of carboxylic acid groups (broad SMARTS) is 1. The first-order valence-electron chi connectivity index (χ1n) is 11.8. The maximum atomic E-state index is 11.2. The van der Waals surface area contributed by atoms with E-state index in [0.29, 0.717) is 6.47 Å². The van der Waals surface area contributed by atoms with Crippen molar-refractivity contribution in [3.8, 4) is 0 Å². The highest BCUT2D eigenvalue weighted by Crippen LogP contribution is 2.50. The van der Waals surface area contributed by atoms with Gasteiger partial charge in [-0.3, -0.25) is 9.59 Å². The number of ether oxygens (including phenoxy) is 1. The third kappa shape index (κ3) is 6.09. The summed E-state index contributed by atoms with van der Waals surface area (Å²) in [5.41, 5.74) is 5.19. The van der Waals surface area contributed by atoms with Gasteiger partial charge >= 0.3 is 5.97 Å². The molecule has 166 valence electrons. The van der Waals surface area contributed by atoms with Crippen LogP contribution in [0.15, 0.2) is 12.1 Å². The highest BCUT2D eigenvalue weighted by molar-refractivity contribution is 5.77. The molecule has 0 aromatic heterocycles. The van der Waals surface area contributed by atoms with Crippen molar-refractivity contribution >= 4 is 12.4 Å². The van der Waals surface area contributed by atoms with Gasteiger partial charge in [0, 0.05) is 0 Å². The summed E-state index contributed by atoms with van der Waals surface area (Å²) in [6.45, 7) is 5.03. The maximum absolute atomic E-state index is 11.2. The first kappa shape index (κ1) is 22.8. The van der Waals surface area contributed by atoms with Crippen molar-refractivity contribution in [2.24, 2.45) is 5.41 Å². The van der Waals surface area contributed by atoms with Crippen LogP contribution in [0, 0.1) is 19.3 Å². The van der Waals surface area contributed by atoms with Crippen LogP contribution in [0.1, 0.15) is 99.3 Å². The van der Waals surface area contributed by atoms with E-state index in [1.54, 1.807) is 0 Å². The van der Waals surface area contributed by atoms with Crippen LogP contribution in [-0.4, -0.2) is 23.1 Å². The highest BCUT2D eigenvalue weighted by atomic mass is 16.5. The van der Waals surface area contributed by atoms with Gasteiger partial charge < -0.3 is 9.84 Å². The second kappa shape index (κ2) is 9.98. The summed E-state index contributed by atoms with van der Waals surface area (Å²) in [5, 5.41) is 9.26. The Labute approximate surface area is 181 Å². The van der Waals surface area contributed by atoms with Crippen LogP contribution in [-0.2, 0) is 27.2 Å². The number of unbranched alkanes of at least 4 members (excludes halogenated alkanes) is 4. The fourth-order valence-corrected chi connectivity index (χ4v) is 4.77. The molecule has 0 radical (unpaired) electrons. The van der Waals surface area contributed by atoms with Crippen molar-refractivity contribution < 1.29 is 19.4 Å². The van der Waals surface area contributed by atoms with E-state index in [0.717, 1.165) is 77.0 Å². The molecule has 0 aliphatic heterocycles. The Hall–Kier alpha value is -1.84. The van der Waals surface area contributed by atoms with Gasteiger partial charge in [-0.2, -0.15) is 0 Å². The second-order valence-electron chi connectivity index (χ2n) is 9.81. The molecule has 2 aliphatic carbocycles. The number of benzene rings is 1. The largest absolute Gasteiger partial charge is 0.481 e. The number of aryl methyl sites for hydroxylation is 4. The second-order valence-corrected chi connectivity index (χ2v) is 9.81. The van der Waals surface area contributed by atoms with E-state index in [9.17, 15) is 14.7 Å². The molecule has 4 nitrogen and oxygen atoms in total. The Morgan fingerprint density at radius 2 is 1.47 bits per heavy atom. The molecule has 2 saturated carbocycles. The van der Waals surface area contributed by atoms with Gasteiger partial charge in [-0.15, -0.1) is 0 Å². The number of carboxylic acids is 1. The molecule has 30 heavy (non-hydrogen) atoms. The van der Waals surface area contributed by atoms with Crippen LogP contribution in [0.25, 0.3) is 0 Å². The van der Waals surface area contributed by atoms with Crippen LogP contribution in [0.3, 0.4) is 0 Å². The molecule has 0 atom stereocenters. The van der Waals surface area contributed by atoms with E-state index in [1.807, 2.05) is 0 Å². The number of carbonyl (C=O) groups excluding carboxylic acids is 1. The summed E-state index contributed by atoms with van der Waals surface area (Å²) in [4.78, 5) is 21.8. The topological polar surface area (TPSA) is 63.6 Å². The maximum Gasteiger partial charge on any atom is 0.309 e. The number of hydrogen-bond donors (Lipinski definition) is 1. The minimum atomic E-state index is -0.589. The lowest BCUT2D eigenvalue weighted by Crippen LogP contribution is -2.14. The number of rotatable bonds is 15. The molecular formula is C26H38O4. The standard InChI is InChI=1S/C26H38O4/c1-20-17-21(2)23(10-6-8-12-26(15-16-26)30-19-27)18-22(20)9-5-3-4-7-11-25(13-14-25)24(28)29/h17-19H,3-16H2,1-2H3,(H,28,29). The molecule has 0 spiro atoms. The fraction of sp³-hybridized carbons (Fsp3) is 0.692. The molecule has 3 rings (SSSR count). The molecule has 0 unspecified atom stereocenters. The van der Waals surface area contributed by atoms with E-state index >= 15 is 0 Å². The van der Waals surface area contributed by atoms with Gasteiger partial charge in [-0.1, -0.05) is 31.4 Å². The number of aliphatic carboxylic acids is 1. The minimum Gasteiger partial charge on any atom is -0.481 e. The van der Waals surface area contributed by atoms with Gasteiger partial charge in [-0.05, 0) is 107 Å². The summed E-state index contributed by atoms with van der Waals surface area (Å²) in [5.74, 6) is -0.589. The van der Waals surface area contributed by atoms with Crippen molar-refractivity contribution in [3.63, 3.8) is 0 Å².